The fourth-order valence-electron chi connectivity index (χ4n) is 1.07. The van der Waals surface area contributed by atoms with Gasteiger partial charge in [0, 0.05) is 7.05 Å². The highest BCUT2D eigenvalue weighted by atomic mass is 16.5. The zero-order chi connectivity index (χ0) is 11.3. The van der Waals surface area contributed by atoms with E-state index >= 15 is 0 Å². The van der Waals surface area contributed by atoms with Crippen molar-refractivity contribution in [2.75, 3.05) is 13.8 Å². The van der Waals surface area contributed by atoms with E-state index in [-0.39, 0.29) is 6.73 Å². The molecule has 0 N–H and O–H groups in total. The maximum atomic E-state index is 11.5. The number of rotatable bonds is 4. The molecule has 80 valence electrons. The predicted molar refractivity (Wildman–Crippen MR) is 55.3 cm³/mol. The molecule has 1 rings (SSSR count). The average Bonchev–Trinajstić information content (AvgIpc) is 2.26. The van der Waals surface area contributed by atoms with Crippen molar-refractivity contribution in [2.24, 2.45) is 0 Å². The molecule has 4 nitrogen and oxygen atoms in total. The van der Waals surface area contributed by atoms with Crippen molar-refractivity contribution < 1.29 is 14.3 Å². The van der Waals surface area contributed by atoms with Crippen molar-refractivity contribution in [3.05, 3.63) is 35.4 Å². The first kappa shape index (κ1) is 11.2. The Morgan fingerprint density at radius 2 is 2.13 bits per heavy atom. The van der Waals surface area contributed by atoms with Crippen LogP contribution in [0.5, 0.6) is 0 Å². The molecule has 0 heterocycles. The van der Waals surface area contributed by atoms with Gasteiger partial charge in [-0.05, 0) is 18.6 Å². The quantitative estimate of drug-likeness (QED) is 0.423. The second-order valence-electron chi connectivity index (χ2n) is 3.24. The fourth-order valence-corrected chi connectivity index (χ4v) is 1.07. The molecule has 15 heavy (non-hydrogen) atoms. The third kappa shape index (κ3) is 3.09. The molecule has 0 fully saturated rings. The summed E-state index contributed by atoms with van der Waals surface area (Å²) >= 11 is 0. The molecule has 0 unspecified atom stereocenters. The number of carbonyl (C=O) groups excluding carboxylic acids is 2. The molecular weight excluding hydrogens is 194 g/mol. The number of esters is 1. The molecule has 1 aromatic rings. The van der Waals surface area contributed by atoms with Crippen LogP contribution in [0.3, 0.4) is 0 Å². The summed E-state index contributed by atoms with van der Waals surface area (Å²) in [5, 5.41) is 0. The van der Waals surface area contributed by atoms with E-state index in [4.69, 9.17) is 4.74 Å². The van der Waals surface area contributed by atoms with Crippen molar-refractivity contribution in [1.29, 1.82) is 0 Å². The highest BCUT2D eigenvalue weighted by Gasteiger charge is 2.09. The number of amides is 1. The van der Waals surface area contributed by atoms with Crippen molar-refractivity contribution in [3.63, 3.8) is 0 Å². The zero-order valence-electron chi connectivity index (χ0n) is 8.77. The van der Waals surface area contributed by atoms with Gasteiger partial charge >= 0.3 is 5.97 Å². The van der Waals surface area contributed by atoms with Gasteiger partial charge in [-0.25, -0.2) is 4.79 Å². The zero-order valence-corrected chi connectivity index (χ0v) is 8.77. The van der Waals surface area contributed by atoms with Gasteiger partial charge in [0.15, 0.2) is 6.73 Å². The SMILES string of the molecule is Cc1ccccc1C(=O)OCN(C)C=O. The lowest BCUT2D eigenvalue weighted by Gasteiger charge is -2.11. The van der Waals surface area contributed by atoms with Gasteiger partial charge < -0.3 is 9.64 Å². The van der Waals surface area contributed by atoms with Crippen LogP contribution in [-0.2, 0) is 9.53 Å². The Labute approximate surface area is 88.5 Å². The number of ether oxygens (including phenoxy) is 1. The Morgan fingerprint density at radius 1 is 1.47 bits per heavy atom. The molecule has 0 aliphatic heterocycles. The first-order valence-corrected chi connectivity index (χ1v) is 4.53. The van der Waals surface area contributed by atoms with Crippen LogP contribution in [0.15, 0.2) is 24.3 Å². The van der Waals surface area contributed by atoms with Crippen molar-refractivity contribution in [2.45, 2.75) is 6.92 Å². The van der Waals surface area contributed by atoms with E-state index in [1.54, 1.807) is 12.1 Å². The summed E-state index contributed by atoms with van der Waals surface area (Å²) in [6.07, 6.45) is 0.602. The summed E-state index contributed by atoms with van der Waals surface area (Å²) in [6, 6.07) is 7.15. The molecule has 0 saturated carbocycles. The number of nitrogens with zero attached hydrogens (tertiary/aromatic N) is 1. The Bertz CT molecular complexity index is 363. The van der Waals surface area contributed by atoms with Gasteiger partial charge in [-0.1, -0.05) is 18.2 Å². The van der Waals surface area contributed by atoms with Crippen LogP contribution in [0.25, 0.3) is 0 Å². The lowest BCUT2D eigenvalue weighted by molar-refractivity contribution is -0.120. The van der Waals surface area contributed by atoms with E-state index in [0.717, 1.165) is 5.56 Å². The minimum atomic E-state index is -0.415. The largest absolute Gasteiger partial charge is 0.441 e. The van der Waals surface area contributed by atoms with Gasteiger partial charge in [-0.3, -0.25) is 4.79 Å². The number of aryl methyl sites for hydroxylation is 1. The Morgan fingerprint density at radius 3 is 2.73 bits per heavy atom. The Hall–Kier alpha value is -1.84. The summed E-state index contributed by atoms with van der Waals surface area (Å²) in [7, 11) is 1.54. The summed E-state index contributed by atoms with van der Waals surface area (Å²) in [5.74, 6) is -0.415. The molecule has 4 heteroatoms. The monoisotopic (exact) mass is 207 g/mol. The third-order valence-corrected chi connectivity index (χ3v) is 1.94. The number of carbonyl (C=O) groups is 2. The summed E-state index contributed by atoms with van der Waals surface area (Å²) in [5.41, 5.74) is 1.38. The van der Waals surface area contributed by atoms with Crippen LogP contribution in [0.1, 0.15) is 15.9 Å². The summed E-state index contributed by atoms with van der Waals surface area (Å²) < 4.78 is 4.92. The lowest BCUT2D eigenvalue weighted by atomic mass is 10.1. The molecule has 0 spiro atoms. The van der Waals surface area contributed by atoms with Crippen LogP contribution in [0, 0.1) is 6.92 Å². The molecule has 0 bridgehead atoms. The summed E-state index contributed by atoms with van der Waals surface area (Å²) in [6.45, 7) is 1.80. The van der Waals surface area contributed by atoms with Crippen molar-refractivity contribution in [3.8, 4) is 0 Å². The fraction of sp³-hybridized carbons (Fsp3) is 0.273. The topological polar surface area (TPSA) is 46.6 Å². The third-order valence-electron chi connectivity index (χ3n) is 1.94. The number of hydrogen-bond donors (Lipinski definition) is 0. The molecule has 0 radical (unpaired) electrons. The Balaban J connectivity index is 2.62. The van der Waals surface area contributed by atoms with Crippen molar-refractivity contribution >= 4 is 12.4 Å². The second-order valence-corrected chi connectivity index (χ2v) is 3.24. The van der Waals surface area contributed by atoms with Gasteiger partial charge in [0.25, 0.3) is 0 Å². The first-order valence-electron chi connectivity index (χ1n) is 4.53. The van der Waals surface area contributed by atoms with E-state index in [9.17, 15) is 9.59 Å². The molecule has 0 aliphatic rings. The van der Waals surface area contributed by atoms with Gasteiger partial charge in [0.2, 0.25) is 6.41 Å². The highest BCUT2D eigenvalue weighted by Crippen LogP contribution is 2.08. The maximum absolute atomic E-state index is 11.5. The van der Waals surface area contributed by atoms with Gasteiger partial charge in [-0.2, -0.15) is 0 Å². The molecule has 0 atom stereocenters. The van der Waals surface area contributed by atoms with E-state index in [1.165, 1.54) is 11.9 Å². The standard InChI is InChI=1S/C11H13NO3/c1-9-5-3-4-6-10(9)11(14)15-8-12(2)7-13/h3-7H,8H2,1-2H3. The molecule has 1 aromatic carbocycles. The summed E-state index contributed by atoms with van der Waals surface area (Å²) in [4.78, 5) is 23.0. The van der Waals surface area contributed by atoms with Gasteiger partial charge in [0.1, 0.15) is 0 Å². The normalized spacial score (nSPS) is 9.47. The minimum absolute atomic E-state index is 0.0311. The number of hydrogen-bond acceptors (Lipinski definition) is 3. The van der Waals surface area contributed by atoms with Gasteiger partial charge in [0.05, 0.1) is 5.56 Å². The molecular formula is C11H13NO3. The molecule has 1 amide bonds. The van der Waals surface area contributed by atoms with Crippen molar-refractivity contribution in [1.82, 2.24) is 4.90 Å². The Kier molecular flexibility index (Phi) is 3.85. The van der Waals surface area contributed by atoms with Gasteiger partial charge in [-0.15, -0.1) is 0 Å². The lowest BCUT2D eigenvalue weighted by Crippen LogP contribution is -2.22. The van der Waals surface area contributed by atoms with E-state index in [1.807, 2.05) is 19.1 Å². The maximum Gasteiger partial charge on any atom is 0.340 e. The second kappa shape index (κ2) is 5.14. The minimum Gasteiger partial charge on any atom is -0.441 e. The van der Waals surface area contributed by atoms with E-state index in [0.29, 0.717) is 12.0 Å². The number of benzene rings is 1. The van der Waals surface area contributed by atoms with E-state index in [2.05, 4.69) is 0 Å². The molecule has 0 aromatic heterocycles. The first-order chi connectivity index (χ1) is 7.15. The molecule has 0 saturated heterocycles. The van der Waals surface area contributed by atoms with Crippen LogP contribution >= 0.6 is 0 Å². The van der Waals surface area contributed by atoms with Crippen LogP contribution in [-0.4, -0.2) is 31.1 Å². The van der Waals surface area contributed by atoms with Crippen LogP contribution < -0.4 is 0 Å². The highest BCUT2D eigenvalue weighted by molar-refractivity contribution is 5.90. The molecule has 0 aliphatic carbocycles. The van der Waals surface area contributed by atoms with Crippen LogP contribution in [0.2, 0.25) is 0 Å². The average molecular weight is 207 g/mol. The van der Waals surface area contributed by atoms with Crippen LogP contribution in [0.4, 0.5) is 0 Å². The smallest absolute Gasteiger partial charge is 0.340 e. The predicted octanol–water partition coefficient (Wildman–Crippen LogP) is 1.20. The van der Waals surface area contributed by atoms with E-state index < -0.39 is 5.97 Å².